The molecule has 0 aliphatic rings. The van der Waals surface area contributed by atoms with Gasteiger partial charge in [-0.15, -0.1) is 16.4 Å². The molecule has 0 amide bonds. The Bertz CT molecular complexity index is 432. The van der Waals surface area contributed by atoms with Gasteiger partial charge in [-0.05, 0) is 18.6 Å². The van der Waals surface area contributed by atoms with Crippen LogP contribution in [-0.4, -0.2) is 21.5 Å². The lowest BCUT2D eigenvalue weighted by Gasteiger charge is -1.92. The second kappa shape index (κ2) is 4.55. The number of nitrogens with two attached hydrogens (primary N) is 1. The molecule has 0 aliphatic heterocycles. The predicted molar refractivity (Wildman–Crippen MR) is 61.8 cm³/mol. The Morgan fingerprint density at radius 2 is 2.33 bits per heavy atom. The van der Waals surface area contributed by atoms with E-state index in [1.165, 1.54) is 9.75 Å². The fourth-order valence-electron chi connectivity index (χ4n) is 1.36. The second-order valence-electron chi connectivity index (χ2n) is 3.28. The summed E-state index contributed by atoms with van der Waals surface area (Å²) in [6, 6.07) is 4.24. The van der Waals surface area contributed by atoms with Gasteiger partial charge in [-0.25, -0.2) is 0 Å². The highest BCUT2D eigenvalue weighted by Gasteiger charge is 2.06. The van der Waals surface area contributed by atoms with Crippen LogP contribution < -0.4 is 5.73 Å². The van der Waals surface area contributed by atoms with Crippen molar-refractivity contribution in [2.45, 2.75) is 19.9 Å². The van der Waals surface area contributed by atoms with Crippen LogP contribution in [0.5, 0.6) is 0 Å². The zero-order chi connectivity index (χ0) is 10.7. The number of thiophene rings is 1. The van der Waals surface area contributed by atoms with Crippen LogP contribution in [0.3, 0.4) is 0 Å². The van der Waals surface area contributed by atoms with E-state index in [2.05, 4.69) is 29.4 Å². The van der Waals surface area contributed by atoms with Gasteiger partial charge in [0, 0.05) is 11.4 Å². The average Bonchev–Trinajstić information content (AvgIpc) is 2.85. The summed E-state index contributed by atoms with van der Waals surface area (Å²) in [6.07, 6.45) is 3.01. The molecule has 0 saturated heterocycles. The minimum Gasteiger partial charge on any atom is -0.329 e. The molecule has 0 aliphatic carbocycles. The van der Waals surface area contributed by atoms with Crippen molar-refractivity contribution in [3.05, 3.63) is 23.2 Å². The molecule has 2 heterocycles. The number of hydrogen-bond acceptors (Lipinski definition) is 4. The second-order valence-corrected chi connectivity index (χ2v) is 4.44. The Kier molecular flexibility index (Phi) is 3.13. The summed E-state index contributed by atoms with van der Waals surface area (Å²) in [7, 11) is 0. The molecule has 4 nitrogen and oxygen atoms in total. The Labute approximate surface area is 92.7 Å². The van der Waals surface area contributed by atoms with Crippen LogP contribution in [0.15, 0.2) is 18.3 Å². The largest absolute Gasteiger partial charge is 0.329 e. The van der Waals surface area contributed by atoms with Crippen LogP contribution in [0.1, 0.15) is 11.8 Å². The van der Waals surface area contributed by atoms with Crippen molar-refractivity contribution in [3.63, 3.8) is 0 Å². The number of aryl methyl sites for hydroxylation is 1. The molecule has 0 aromatic carbocycles. The van der Waals surface area contributed by atoms with Gasteiger partial charge in [0.2, 0.25) is 0 Å². The van der Waals surface area contributed by atoms with Crippen LogP contribution >= 0.6 is 11.3 Å². The average molecular weight is 222 g/mol. The lowest BCUT2D eigenvalue weighted by molar-refractivity contribution is 0.598. The molecule has 2 aromatic heterocycles. The van der Waals surface area contributed by atoms with Crippen molar-refractivity contribution >= 4 is 11.3 Å². The maximum absolute atomic E-state index is 5.45. The molecule has 0 saturated carbocycles. The molecular formula is C10H14N4S. The minimum absolute atomic E-state index is 0.591. The van der Waals surface area contributed by atoms with Gasteiger partial charge in [-0.1, -0.05) is 12.1 Å². The molecule has 0 unspecified atom stereocenters. The smallest absolute Gasteiger partial charge is 0.122 e. The fraction of sp³-hybridized carbons (Fsp3) is 0.400. The Morgan fingerprint density at radius 3 is 3.00 bits per heavy atom. The molecule has 2 rings (SSSR count). The van der Waals surface area contributed by atoms with Crippen LogP contribution in [-0.2, 0) is 13.0 Å². The normalized spacial score (nSPS) is 10.8. The topological polar surface area (TPSA) is 56.7 Å². The Hall–Kier alpha value is -1.20. The molecule has 2 N–H and O–H groups in total. The van der Waals surface area contributed by atoms with Gasteiger partial charge >= 0.3 is 0 Å². The van der Waals surface area contributed by atoms with E-state index in [1.807, 2.05) is 6.20 Å². The van der Waals surface area contributed by atoms with E-state index in [4.69, 9.17) is 5.73 Å². The first-order chi connectivity index (χ1) is 7.33. The Morgan fingerprint density at radius 1 is 1.47 bits per heavy atom. The molecule has 0 radical (unpaired) electrons. The van der Waals surface area contributed by atoms with Crippen LogP contribution in [0.4, 0.5) is 0 Å². The first-order valence-electron chi connectivity index (χ1n) is 5.02. The van der Waals surface area contributed by atoms with E-state index >= 15 is 0 Å². The van der Waals surface area contributed by atoms with E-state index in [1.54, 1.807) is 16.0 Å². The molecule has 2 aromatic rings. The molecule has 0 spiro atoms. The van der Waals surface area contributed by atoms with Crippen molar-refractivity contribution in [2.24, 2.45) is 5.73 Å². The van der Waals surface area contributed by atoms with E-state index in [9.17, 15) is 0 Å². The number of hydrogen-bond donors (Lipinski definition) is 1. The van der Waals surface area contributed by atoms with Gasteiger partial charge in [-0.2, -0.15) is 0 Å². The molecule has 0 bridgehead atoms. The van der Waals surface area contributed by atoms with Crippen molar-refractivity contribution in [2.75, 3.05) is 6.54 Å². The molecule has 5 heteroatoms. The third-order valence-electron chi connectivity index (χ3n) is 2.16. The summed E-state index contributed by atoms with van der Waals surface area (Å²) in [4.78, 5) is 2.55. The predicted octanol–water partition coefficient (Wildman–Crippen LogP) is 1.53. The third kappa shape index (κ3) is 2.24. The highest BCUT2D eigenvalue weighted by atomic mass is 32.1. The summed E-state index contributed by atoms with van der Waals surface area (Å²) in [5.41, 5.74) is 6.39. The maximum atomic E-state index is 5.45. The quantitative estimate of drug-likeness (QED) is 0.853. The molecule has 15 heavy (non-hydrogen) atoms. The Balaban J connectivity index is 2.21. The van der Waals surface area contributed by atoms with E-state index < -0.39 is 0 Å². The van der Waals surface area contributed by atoms with E-state index in [0.717, 1.165) is 18.7 Å². The first-order valence-corrected chi connectivity index (χ1v) is 5.84. The van der Waals surface area contributed by atoms with Crippen molar-refractivity contribution in [1.82, 2.24) is 15.0 Å². The summed E-state index contributed by atoms with van der Waals surface area (Å²) in [5.74, 6) is 0. The highest BCUT2D eigenvalue weighted by Crippen LogP contribution is 2.26. The summed E-state index contributed by atoms with van der Waals surface area (Å²) in [5, 5.41) is 8.13. The third-order valence-corrected chi connectivity index (χ3v) is 3.41. The van der Waals surface area contributed by atoms with Gasteiger partial charge in [0.05, 0.1) is 17.6 Å². The number of nitrogens with zero attached hydrogens (tertiary/aromatic N) is 3. The monoisotopic (exact) mass is 222 g/mol. The summed E-state index contributed by atoms with van der Waals surface area (Å²) >= 11 is 1.77. The van der Waals surface area contributed by atoms with Gasteiger partial charge < -0.3 is 5.73 Å². The molecule has 0 fully saturated rings. The number of aromatic nitrogens is 3. The van der Waals surface area contributed by atoms with E-state index in [0.29, 0.717) is 6.54 Å². The van der Waals surface area contributed by atoms with Crippen molar-refractivity contribution < 1.29 is 0 Å². The standard InChI is InChI=1S/C10H14N4S/c1-2-8-3-4-10(15-8)9-7-14(6-5-11)13-12-9/h3-4,7H,2,5-6,11H2,1H3. The zero-order valence-corrected chi connectivity index (χ0v) is 9.50. The molecular weight excluding hydrogens is 208 g/mol. The maximum Gasteiger partial charge on any atom is 0.122 e. The van der Waals surface area contributed by atoms with Crippen molar-refractivity contribution in [1.29, 1.82) is 0 Å². The fourth-order valence-corrected chi connectivity index (χ4v) is 2.26. The van der Waals surface area contributed by atoms with Gasteiger partial charge in [0.15, 0.2) is 0 Å². The lowest BCUT2D eigenvalue weighted by atomic mass is 10.3. The highest BCUT2D eigenvalue weighted by molar-refractivity contribution is 7.15. The molecule has 80 valence electrons. The lowest BCUT2D eigenvalue weighted by Crippen LogP contribution is -2.10. The first kappa shape index (κ1) is 10.3. The van der Waals surface area contributed by atoms with Gasteiger partial charge in [0.1, 0.15) is 5.69 Å². The van der Waals surface area contributed by atoms with Crippen LogP contribution in [0, 0.1) is 0 Å². The number of rotatable bonds is 4. The van der Waals surface area contributed by atoms with Crippen LogP contribution in [0.2, 0.25) is 0 Å². The summed E-state index contributed by atoms with van der Waals surface area (Å²) < 4.78 is 1.78. The SMILES string of the molecule is CCc1ccc(-c2cn(CCN)nn2)s1. The van der Waals surface area contributed by atoms with Crippen molar-refractivity contribution in [3.8, 4) is 10.6 Å². The minimum atomic E-state index is 0.591. The van der Waals surface area contributed by atoms with E-state index in [-0.39, 0.29) is 0 Å². The van der Waals surface area contributed by atoms with Gasteiger partial charge in [0.25, 0.3) is 0 Å². The van der Waals surface area contributed by atoms with Gasteiger partial charge in [-0.3, -0.25) is 4.68 Å². The van der Waals surface area contributed by atoms with Crippen LogP contribution in [0.25, 0.3) is 10.6 Å². The summed E-state index contributed by atoms with van der Waals surface area (Å²) in [6.45, 7) is 3.47. The molecule has 0 atom stereocenters. The zero-order valence-electron chi connectivity index (χ0n) is 8.68.